The highest BCUT2D eigenvalue weighted by atomic mass is 16.2. The molecule has 0 atom stereocenters. The Labute approximate surface area is 76.1 Å². The van der Waals surface area contributed by atoms with Crippen molar-refractivity contribution >= 4 is 6.03 Å². The zero-order valence-electron chi connectivity index (χ0n) is 7.23. The van der Waals surface area contributed by atoms with Gasteiger partial charge in [0.05, 0.1) is 6.33 Å². The van der Waals surface area contributed by atoms with Gasteiger partial charge in [-0.15, -0.1) is 0 Å². The quantitative estimate of drug-likeness (QED) is 0.253. The molecule has 0 aliphatic rings. The Morgan fingerprint density at radius 3 is 3.08 bits per heavy atom. The lowest BCUT2D eigenvalue weighted by atomic mass is 10.4. The molecule has 2 amide bonds. The maximum atomic E-state index is 10.6. The van der Waals surface area contributed by atoms with Gasteiger partial charge in [-0.05, 0) is 6.42 Å². The summed E-state index contributed by atoms with van der Waals surface area (Å²) in [7, 11) is 0. The molecule has 1 rings (SSSR count). The van der Waals surface area contributed by atoms with Gasteiger partial charge in [0.15, 0.2) is 0 Å². The van der Waals surface area contributed by atoms with Crippen LogP contribution in [-0.4, -0.2) is 22.1 Å². The molecule has 1 heterocycles. The number of nitrogens with one attached hydrogen (secondary N) is 2. The Hall–Kier alpha value is -1.56. The predicted molar refractivity (Wildman–Crippen MR) is 47.6 cm³/mol. The molecule has 4 N–H and O–H groups in total. The van der Waals surface area contributed by atoms with Crippen LogP contribution >= 0.6 is 0 Å². The summed E-state index contributed by atoms with van der Waals surface area (Å²) in [5, 5.41) is 2.59. The van der Waals surface area contributed by atoms with Gasteiger partial charge >= 0.3 is 6.03 Å². The Morgan fingerprint density at radius 1 is 1.62 bits per heavy atom. The van der Waals surface area contributed by atoms with Crippen molar-refractivity contribution in [1.82, 2.24) is 20.3 Å². The summed E-state index contributed by atoms with van der Waals surface area (Å²) in [6, 6.07) is -0.356. The zero-order chi connectivity index (χ0) is 9.52. The van der Waals surface area contributed by atoms with Gasteiger partial charge in [0.2, 0.25) is 0 Å². The highest BCUT2D eigenvalue weighted by Gasteiger charge is 1.94. The molecule has 6 nitrogen and oxygen atoms in total. The standard InChI is InChI=1S/C7H13N5O/c8-11-7(13)10-2-1-4-12-5-3-9-6-12/h3,5-6H,1-2,4,8H2,(H2,10,11,13). The van der Waals surface area contributed by atoms with Gasteiger partial charge in [-0.3, -0.25) is 5.43 Å². The average molecular weight is 183 g/mol. The van der Waals surface area contributed by atoms with E-state index >= 15 is 0 Å². The third-order valence-electron chi connectivity index (χ3n) is 1.57. The van der Waals surface area contributed by atoms with Crippen molar-refractivity contribution in [2.75, 3.05) is 6.54 Å². The topological polar surface area (TPSA) is 85.0 Å². The first-order chi connectivity index (χ1) is 6.33. The normalized spacial score (nSPS) is 9.62. The maximum Gasteiger partial charge on any atom is 0.328 e. The number of amides is 2. The lowest BCUT2D eigenvalue weighted by Crippen LogP contribution is -2.40. The number of hydrogen-bond donors (Lipinski definition) is 3. The largest absolute Gasteiger partial charge is 0.337 e. The molecule has 0 unspecified atom stereocenters. The molecule has 0 fully saturated rings. The number of nitrogens with two attached hydrogens (primary N) is 1. The fourth-order valence-electron chi connectivity index (χ4n) is 0.934. The molecule has 72 valence electrons. The number of hydrazine groups is 1. The summed E-state index contributed by atoms with van der Waals surface area (Å²) >= 11 is 0. The number of rotatable bonds is 4. The van der Waals surface area contributed by atoms with Gasteiger partial charge in [0.1, 0.15) is 0 Å². The van der Waals surface area contributed by atoms with Crippen LogP contribution in [0.25, 0.3) is 0 Å². The van der Waals surface area contributed by atoms with Crippen molar-refractivity contribution in [2.24, 2.45) is 5.84 Å². The predicted octanol–water partition coefficient (Wildman–Crippen LogP) is -0.554. The molecule has 0 saturated heterocycles. The van der Waals surface area contributed by atoms with Crippen LogP contribution in [0.5, 0.6) is 0 Å². The number of carbonyl (C=O) groups is 1. The minimum Gasteiger partial charge on any atom is -0.337 e. The number of aromatic nitrogens is 2. The zero-order valence-corrected chi connectivity index (χ0v) is 7.23. The van der Waals surface area contributed by atoms with Crippen LogP contribution in [0, 0.1) is 0 Å². The summed E-state index contributed by atoms with van der Waals surface area (Å²) < 4.78 is 1.95. The van der Waals surface area contributed by atoms with E-state index in [4.69, 9.17) is 5.84 Å². The summed E-state index contributed by atoms with van der Waals surface area (Å²) in [5.41, 5.74) is 1.99. The molecular weight excluding hydrogens is 170 g/mol. The van der Waals surface area contributed by atoms with Gasteiger partial charge < -0.3 is 9.88 Å². The smallest absolute Gasteiger partial charge is 0.328 e. The van der Waals surface area contributed by atoms with E-state index in [9.17, 15) is 4.79 Å². The second kappa shape index (κ2) is 5.15. The monoisotopic (exact) mass is 183 g/mol. The third kappa shape index (κ3) is 3.57. The minimum atomic E-state index is -0.356. The van der Waals surface area contributed by atoms with E-state index in [1.165, 1.54) is 0 Å². The van der Waals surface area contributed by atoms with E-state index < -0.39 is 0 Å². The number of nitrogens with zero attached hydrogens (tertiary/aromatic N) is 2. The first-order valence-corrected chi connectivity index (χ1v) is 4.03. The van der Waals surface area contributed by atoms with Crippen LogP contribution in [0.4, 0.5) is 4.79 Å². The third-order valence-corrected chi connectivity index (χ3v) is 1.57. The molecule has 0 radical (unpaired) electrons. The highest BCUT2D eigenvalue weighted by Crippen LogP contribution is 1.88. The molecule has 1 aromatic heterocycles. The van der Waals surface area contributed by atoms with Crippen LogP contribution in [0.3, 0.4) is 0 Å². The van der Waals surface area contributed by atoms with E-state index in [1.807, 2.05) is 16.2 Å². The number of hydrogen-bond acceptors (Lipinski definition) is 3. The summed E-state index contributed by atoms with van der Waals surface area (Å²) in [4.78, 5) is 14.5. The first-order valence-electron chi connectivity index (χ1n) is 4.03. The molecule has 0 saturated carbocycles. The van der Waals surface area contributed by atoms with E-state index in [1.54, 1.807) is 12.5 Å². The summed E-state index contributed by atoms with van der Waals surface area (Å²) in [6.45, 7) is 1.44. The van der Waals surface area contributed by atoms with Crippen molar-refractivity contribution in [3.05, 3.63) is 18.7 Å². The summed E-state index contributed by atoms with van der Waals surface area (Å²) in [6.07, 6.45) is 6.19. The molecule has 6 heteroatoms. The van der Waals surface area contributed by atoms with Crippen molar-refractivity contribution in [3.8, 4) is 0 Å². The number of imidazole rings is 1. The highest BCUT2D eigenvalue weighted by molar-refractivity contribution is 5.72. The van der Waals surface area contributed by atoms with Crippen molar-refractivity contribution in [2.45, 2.75) is 13.0 Å². The number of carbonyl (C=O) groups excluding carboxylic acids is 1. The van der Waals surface area contributed by atoms with Crippen molar-refractivity contribution in [1.29, 1.82) is 0 Å². The lowest BCUT2D eigenvalue weighted by Gasteiger charge is -2.04. The molecule has 0 spiro atoms. The SMILES string of the molecule is NNC(=O)NCCCn1ccnc1. The van der Waals surface area contributed by atoms with Gasteiger partial charge in [0, 0.05) is 25.5 Å². The van der Waals surface area contributed by atoms with Crippen molar-refractivity contribution < 1.29 is 4.79 Å². The van der Waals surface area contributed by atoms with Gasteiger partial charge in [-0.2, -0.15) is 0 Å². The molecule has 0 aliphatic carbocycles. The van der Waals surface area contributed by atoms with E-state index in [0.29, 0.717) is 6.54 Å². The van der Waals surface area contributed by atoms with Gasteiger partial charge in [-0.25, -0.2) is 15.6 Å². The molecule has 0 bridgehead atoms. The Balaban J connectivity index is 2.05. The molecule has 13 heavy (non-hydrogen) atoms. The second-order valence-electron chi connectivity index (χ2n) is 2.55. The molecule has 1 aromatic rings. The Bertz CT molecular complexity index is 245. The van der Waals surface area contributed by atoms with E-state index in [0.717, 1.165) is 13.0 Å². The van der Waals surface area contributed by atoms with E-state index in [2.05, 4.69) is 10.3 Å². The minimum absolute atomic E-state index is 0.356. The van der Waals surface area contributed by atoms with Crippen LogP contribution < -0.4 is 16.6 Å². The van der Waals surface area contributed by atoms with E-state index in [-0.39, 0.29) is 6.03 Å². The molecule has 0 aliphatic heterocycles. The number of aryl methyl sites for hydroxylation is 1. The van der Waals surface area contributed by atoms with Gasteiger partial charge in [-0.1, -0.05) is 0 Å². The van der Waals surface area contributed by atoms with Crippen LogP contribution in [0.15, 0.2) is 18.7 Å². The first kappa shape index (κ1) is 9.53. The molecule has 0 aromatic carbocycles. The van der Waals surface area contributed by atoms with Crippen LogP contribution in [-0.2, 0) is 6.54 Å². The second-order valence-corrected chi connectivity index (χ2v) is 2.55. The van der Waals surface area contributed by atoms with Gasteiger partial charge in [0.25, 0.3) is 0 Å². The Kier molecular flexibility index (Phi) is 3.77. The molecular formula is C7H13N5O. The average Bonchev–Trinajstić information content (AvgIpc) is 2.64. The fraction of sp³-hybridized carbons (Fsp3) is 0.429. The van der Waals surface area contributed by atoms with Crippen LogP contribution in [0.2, 0.25) is 0 Å². The summed E-state index contributed by atoms with van der Waals surface area (Å²) in [5.74, 6) is 4.87. The maximum absolute atomic E-state index is 10.6. The lowest BCUT2D eigenvalue weighted by molar-refractivity contribution is 0.241. The number of urea groups is 1. The van der Waals surface area contributed by atoms with Crippen LogP contribution in [0.1, 0.15) is 6.42 Å². The van der Waals surface area contributed by atoms with Crippen molar-refractivity contribution in [3.63, 3.8) is 0 Å². The fourth-order valence-corrected chi connectivity index (χ4v) is 0.934. The Morgan fingerprint density at radius 2 is 2.46 bits per heavy atom.